The Bertz CT molecular complexity index is 673. The Morgan fingerprint density at radius 3 is 2.64 bits per heavy atom. The van der Waals surface area contributed by atoms with Gasteiger partial charge in [0, 0.05) is 18.7 Å². The molecule has 2 aromatic rings. The number of nitrogens with one attached hydrogen (secondary N) is 1. The van der Waals surface area contributed by atoms with E-state index in [0.29, 0.717) is 22.2 Å². The first kappa shape index (κ1) is 16.8. The Morgan fingerprint density at radius 1 is 1.23 bits per heavy atom. The molecule has 0 aliphatic rings. The van der Waals surface area contributed by atoms with E-state index in [-0.39, 0.29) is 12.0 Å². The molecule has 1 amide bonds. The predicted octanol–water partition coefficient (Wildman–Crippen LogP) is 4.42. The van der Waals surface area contributed by atoms with Gasteiger partial charge in [0.15, 0.2) is 0 Å². The average Bonchev–Trinajstić information content (AvgIpc) is 2.51. The van der Waals surface area contributed by atoms with Gasteiger partial charge >= 0.3 is 0 Å². The third-order valence-corrected chi connectivity index (χ3v) is 4.01. The molecule has 0 aliphatic heterocycles. The highest BCUT2D eigenvalue weighted by atomic mass is 35.5. The fraction of sp³-hybridized carbons (Fsp3) is 0.235. The van der Waals surface area contributed by atoms with E-state index in [0.717, 1.165) is 11.1 Å². The topological polar surface area (TPSA) is 38.3 Å². The third kappa shape index (κ3) is 4.01. The van der Waals surface area contributed by atoms with Crippen molar-refractivity contribution in [1.29, 1.82) is 0 Å². The lowest BCUT2D eigenvalue weighted by Crippen LogP contribution is -2.29. The Morgan fingerprint density at radius 2 is 1.95 bits per heavy atom. The lowest BCUT2D eigenvalue weighted by Gasteiger charge is -2.18. The van der Waals surface area contributed by atoms with Crippen LogP contribution >= 0.6 is 23.2 Å². The standard InChI is InChI=1S/C17H17Cl2NO2/c1-11-5-3-4-6-13(11)16(22-2)10-20-17(21)14-9-12(18)7-8-15(14)19/h3-9,16H,10H2,1-2H3,(H,20,21). The molecule has 1 atom stereocenters. The maximum atomic E-state index is 12.2. The van der Waals surface area contributed by atoms with Gasteiger partial charge in [-0.15, -0.1) is 0 Å². The molecule has 2 aromatic carbocycles. The minimum atomic E-state index is -0.275. The van der Waals surface area contributed by atoms with Crippen molar-refractivity contribution in [3.8, 4) is 0 Å². The molecule has 22 heavy (non-hydrogen) atoms. The number of methoxy groups -OCH3 is 1. The Hall–Kier alpha value is -1.55. The molecule has 0 saturated carbocycles. The molecule has 0 aliphatic carbocycles. The molecule has 1 unspecified atom stereocenters. The van der Waals surface area contributed by atoms with Crippen molar-refractivity contribution in [3.63, 3.8) is 0 Å². The lowest BCUT2D eigenvalue weighted by atomic mass is 10.0. The second-order valence-electron chi connectivity index (χ2n) is 4.92. The molecule has 0 heterocycles. The summed E-state index contributed by atoms with van der Waals surface area (Å²) in [6, 6.07) is 12.7. The van der Waals surface area contributed by atoms with Crippen LogP contribution in [0.25, 0.3) is 0 Å². The number of hydrogen-bond acceptors (Lipinski definition) is 2. The van der Waals surface area contributed by atoms with E-state index in [2.05, 4.69) is 5.32 Å². The number of halogens is 2. The zero-order valence-corrected chi connectivity index (χ0v) is 13.9. The van der Waals surface area contributed by atoms with Gasteiger partial charge in [0.05, 0.1) is 16.7 Å². The molecule has 0 radical (unpaired) electrons. The number of hydrogen-bond donors (Lipinski definition) is 1. The van der Waals surface area contributed by atoms with Gasteiger partial charge in [-0.05, 0) is 36.2 Å². The molecule has 2 rings (SSSR count). The largest absolute Gasteiger partial charge is 0.375 e. The first-order chi connectivity index (χ1) is 10.5. The van der Waals surface area contributed by atoms with Gasteiger partial charge in [-0.3, -0.25) is 4.79 Å². The number of benzene rings is 2. The molecule has 0 aromatic heterocycles. The van der Waals surface area contributed by atoms with E-state index in [1.54, 1.807) is 25.3 Å². The summed E-state index contributed by atoms with van der Waals surface area (Å²) in [4.78, 5) is 12.2. The Kier molecular flexibility index (Phi) is 5.83. The number of rotatable bonds is 5. The minimum absolute atomic E-state index is 0.219. The average molecular weight is 338 g/mol. The summed E-state index contributed by atoms with van der Waals surface area (Å²) in [6.45, 7) is 2.36. The first-order valence-corrected chi connectivity index (χ1v) is 7.60. The minimum Gasteiger partial charge on any atom is -0.375 e. The highest BCUT2D eigenvalue weighted by Crippen LogP contribution is 2.22. The molecule has 0 spiro atoms. The van der Waals surface area contributed by atoms with E-state index >= 15 is 0 Å². The van der Waals surface area contributed by atoms with Gasteiger partial charge in [-0.1, -0.05) is 47.5 Å². The molecule has 5 heteroatoms. The predicted molar refractivity (Wildman–Crippen MR) is 89.7 cm³/mol. The SMILES string of the molecule is COC(CNC(=O)c1cc(Cl)ccc1Cl)c1ccccc1C. The van der Waals surface area contributed by atoms with Crippen LogP contribution in [0, 0.1) is 6.92 Å². The highest BCUT2D eigenvalue weighted by Gasteiger charge is 2.16. The van der Waals surface area contributed by atoms with E-state index in [1.165, 1.54) is 0 Å². The van der Waals surface area contributed by atoms with Crippen molar-refractivity contribution in [3.05, 3.63) is 69.2 Å². The van der Waals surface area contributed by atoms with E-state index < -0.39 is 0 Å². The fourth-order valence-electron chi connectivity index (χ4n) is 2.22. The monoisotopic (exact) mass is 337 g/mol. The molecule has 0 bridgehead atoms. The Balaban J connectivity index is 2.09. The molecule has 0 fully saturated rings. The highest BCUT2D eigenvalue weighted by molar-refractivity contribution is 6.35. The van der Waals surface area contributed by atoms with Crippen molar-refractivity contribution in [2.75, 3.05) is 13.7 Å². The van der Waals surface area contributed by atoms with Gasteiger partial charge in [-0.25, -0.2) is 0 Å². The van der Waals surface area contributed by atoms with Crippen molar-refractivity contribution in [1.82, 2.24) is 5.32 Å². The number of ether oxygens (including phenoxy) is 1. The van der Waals surface area contributed by atoms with Gasteiger partial charge in [0.25, 0.3) is 5.91 Å². The summed E-state index contributed by atoms with van der Waals surface area (Å²) in [7, 11) is 1.62. The van der Waals surface area contributed by atoms with Crippen LogP contribution in [0.3, 0.4) is 0 Å². The van der Waals surface area contributed by atoms with E-state index in [1.807, 2.05) is 31.2 Å². The summed E-state index contributed by atoms with van der Waals surface area (Å²) in [5, 5.41) is 3.67. The summed E-state index contributed by atoms with van der Waals surface area (Å²) in [5.74, 6) is -0.275. The number of carbonyl (C=O) groups excluding carboxylic acids is 1. The number of carbonyl (C=O) groups is 1. The molecule has 0 saturated heterocycles. The van der Waals surface area contributed by atoms with Crippen LogP contribution in [0.4, 0.5) is 0 Å². The van der Waals surface area contributed by atoms with E-state index in [4.69, 9.17) is 27.9 Å². The lowest BCUT2D eigenvalue weighted by molar-refractivity contribution is 0.0826. The summed E-state index contributed by atoms with van der Waals surface area (Å²) < 4.78 is 5.48. The second kappa shape index (κ2) is 7.63. The van der Waals surface area contributed by atoms with Crippen LogP contribution in [0.2, 0.25) is 10.0 Å². The normalized spacial score (nSPS) is 12.0. The van der Waals surface area contributed by atoms with Gasteiger partial charge < -0.3 is 10.1 Å². The maximum Gasteiger partial charge on any atom is 0.252 e. The molecular weight excluding hydrogens is 321 g/mol. The quantitative estimate of drug-likeness (QED) is 0.876. The second-order valence-corrected chi connectivity index (χ2v) is 5.76. The summed E-state index contributed by atoms with van der Waals surface area (Å²) >= 11 is 11.9. The Labute approximate surface area is 140 Å². The first-order valence-electron chi connectivity index (χ1n) is 6.84. The molecule has 116 valence electrons. The summed E-state index contributed by atoms with van der Waals surface area (Å²) in [5.41, 5.74) is 2.51. The smallest absolute Gasteiger partial charge is 0.252 e. The van der Waals surface area contributed by atoms with Crippen LogP contribution < -0.4 is 5.32 Å². The molecule has 1 N–H and O–H groups in total. The van der Waals surface area contributed by atoms with Crippen LogP contribution in [0.1, 0.15) is 27.6 Å². The third-order valence-electron chi connectivity index (χ3n) is 3.44. The van der Waals surface area contributed by atoms with Crippen molar-refractivity contribution in [2.24, 2.45) is 0 Å². The fourth-order valence-corrected chi connectivity index (χ4v) is 2.60. The van der Waals surface area contributed by atoms with Crippen LogP contribution in [-0.2, 0) is 4.74 Å². The zero-order valence-electron chi connectivity index (χ0n) is 12.4. The van der Waals surface area contributed by atoms with Crippen molar-refractivity contribution >= 4 is 29.1 Å². The molecular formula is C17H17Cl2NO2. The van der Waals surface area contributed by atoms with E-state index in [9.17, 15) is 4.79 Å². The number of amides is 1. The van der Waals surface area contributed by atoms with Gasteiger partial charge in [0.2, 0.25) is 0 Å². The van der Waals surface area contributed by atoms with Crippen LogP contribution in [0.5, 0.6) is 0 Å². The van der Waals surface area contributed by atoms with Crippen molar-refractivity contribution < 1.29 is 9.53 Å². The maximum absolute atomic E-state index is 12.2. The summed E-state index contributed by atoms with van der Waals surface area (Å²) in [6.07, 6.45) is -0.219. The van der Waals surface area contributed by atoms with Crippen molar-refractivity contribution in [2.45, 2.75) is 13.0 Å². The van der Waals surface area contributed by atoms with Gasteiger partial charge in [-0.2, -0.15) is 0 Å². The van der Waals surface area contributed by atoms with Crippen LogP contribution in [-0.4, -0.2) is 19.6 Å². The zero-order chi connectivity index (χ0) is 16.1. The molecule has 3 nitrogen and oxygen atoms in total. The van der Waals surface area contributed by atoms with Gasteiger partial charge in [0.1, 0.15) is 0 Å². The number of aryl methyl sites for hydroxylation is 1. The van der Waals surface area contributed by atoms with Crippen LogP contribution in [0.15, 0.2) is 42.5 Å².